The van der Waals surface area contributed by atoms with Gasteiger partial charge in [-0.3, -0.25) is 0 Å². The van der Waals surface area contributed by atoms with Gasteiger partial charge in [0.1, 0.15) is 5.82 Å². The van der Waals surface area contributed by atoms with Crippen molar-refractivity contribution in [2.45, 2.75) is 32.2 Å². The first-order chi connectivity index (χ1) is 8.06. The van der Waals surface area contributed by atoms with Gasteiger partial charge in [0.25, 0.3) is 0 Å². The summed E-state index contributed by atoms with van der Waals surface area (Å²) >= 11 is 0. The lowest BCUT2D eigenvalue weighted by molar-refractivity contribution is 0.0697. The quantitative estimate of drug-likeness (QED) is 0.827. The zero-order valence-corrected chi connectivity index (χ0v) is 9.74. The van der Waals surface area contributed by atoms with Crippen molar-refractivity contribution in [2.75, 3.05) is 5.32 Å². The van der Waals surface area contributed by atoms with Crippen LogP contribution < -0.4 is 5.32 Å². The van der Waals surface area contributed by atoms with Crippen LogP contribution >= 0.6 is 0 Å². The number of carboxylic acids is 1. The molecule has 0 aromatic heterocycles. The van der Waals surface area contributed by atoms with E-state index in [0.29, 0.717) is 5.69 Å². The first-order valence-corrected chi connectivity index (χ1v) is 5.85. The van der Waals surface area contributed by atoms with E-state index in [1.54, 1.807) is 0 Å². The molecular weight excluding hydrogens is 221 g/mol. The fraction of sp³-hybridized carbons (Fsp3) is 0.462. The normalized spacial score (nSPS) is 16.6. The first-order valence-electron chi connectivity index (χ1n) is 5.85. The monoisotopic (exact) mass is 237 g/mol. The number of carboxylic acid groups (broad SMARTS) is 1. The van der Waals surface area contributed by atoms with Crippen molar-refractivity contribution in [2.24, 2.45) is 5.92 Å². The smallest absolute Gasteiger partial charge is 0.337 e. The Kier molecular flexibility index (Phi) is 3.31. The molecule has 0 amide bonds. The molecular formula is C13H16FNO2. The molecule has 1 saturated carbocycles. The van der Waals surface area contributed by atoms with Crippen LogP contribution in [0.1, 0.15) is 36.5 Å². The molecule has 3 nitrogen and oxygen atoms in total. The number of rotatable bonds is 5. The fourth-order valence-corrected chi connectivity index (χ4v) is 2.00. The van der Waals surface area contributed by atoms with Crippen LogP contribution in [-0.2, 0) is 0 Å². The number of anilines is 1. The van der Waals surface area contributed by atoms with Gasteiger partial charge < -0.3 is 10.4 Å². The molecule has 1 unspecified atom stereocenters. The van der Waals surface area contributed by atoms with Crippen LogP contribution in [0.4, 0.5) is 10.1 Å². The highest BCUT2D eigenvalue weighted by atomic mass is 19.1. The number of hydrogen-bond acceptors (Lipinski definition) is 2. The van der Waals surface area contributed by atoms with Gasteiger partial charge in [0.15, 0.2) is 0 Å². The van der Waals surface area contributed by atoms with Crippen LogP contribution in [0.2, 0.25) is 0 Å². The van der Waals surface area contributed by atoms with Gasteiger partial charge >= 0.3 is 5.97 Å². The Hall–Kier alpha value is -1.58. The molecule has 17 heavy (non-hydrogen) atoms. The van der Waals surface area contributed by atoms with Gasteiger partial charge in [-0.2, -0.15) is 0 Å². The number of benzene rings is 1. The van der Waals surface area contributed by atoms with Gasteiger partial charge in [0.2, 0.25) is 0 Å². The first kappa shape index (κ1) is 11.9. The summed E-state index contributed by atoms with van der Waals surface area (Å²) in [6.07, 6.45) is 3.57. The summed E-state index contributed by atoms with van der Waals surface area (Å²) in [5, 5.41) is 12.1. The Balaban J connectivity index is 2.10. The second-order valence-electron chi connectivity index (χ2n) is 4.72. The predicted octanol–water partition coefficient (Wildman–Crippen LogP) is 3.12. The van der Waals surface area contributed by atoms with E-state index in [0.717, 1.165) is 18.4 Å². The Morgan fingerprint density at radius 3 is 2.88 bits per heavy atom. The molecule has 0 saturated heterocycles. The standard InChI is InChI=1S/C13H16FNO2/c1-8(6-9-2-3-9)15-12-5-4-10(14)7-11(12)13(16)17/h4-5,7-9,15H,2-3,6H2,1H3,(H,16,17). The molecule has 0 spiro atoms. The van der Waals surface area contributed by atoms with Crippen molar-refractivity contribution in [3.63, 3.8) is 0 Å². The lowest BCUT2D eigenvalue weighted by Crippen LogP contribution is -2.18. The number of carbonyl (C=O) groups is 1. The van der Waals surface area contributed by atoms with Crippen LogP contribution in [0.25, 0.3) is 0 Å². The van der Waals surface area contributed by atoms with E-state index in [4.69, 9.17) is 5.11 Å². The van der Waals surface area contributed by atoms with Crippen molar-refractivity contribution < 1.29 is 14.3 Å². The Bertz CT molecular complexity index is 429. The molecule has 1 atom stereocenters. The highest BCUT2D eigenvalue weighted by Crippen LogP contribution is 2.34. The van der Waals surface area contributed by atoms with Crippen LogP contribution in [0, 0.1) is 11.7 Å². The molecule has 0 aliphatic heterocycles. The maximum Gasteiger partial charge on any atom is 0.337 e. The van der Waals surface area contributed by atoms with Gasteiger partial charge in [0, 0.05) is 11.7 Å². The molecule has 4 heteroatoms. The largest absolute Gasteiger partial charge is 0.478 e. The van der Waals surface area contributed by atoms with Crippen LogP contribution in [0.5, 0.6) is 0 Å². The fourth-order valence-electron chi connectivity index (χ4n) is 2.00. The molecule has 1 fully saturated rings. The second kappa shape index (κ2) is 4.73. The van der Waals surface area contributed by atoms with Crippen LogP contribution in [-0.4, -0.2) is 17.1 Å². The molecule has 1 aliphatic carbocycles. The average Bonchev–Trinajstić information content (AvgIpc) is 3.04. The Labute approximate surface area is 99.7 Å². The van der Waals surface area contributed by atoms with E-state index in [9.17, 15) is 9.18 Å². The summed E-state index contributed by atoms with van der Waals surface area (Å²) in [5.41, 5.74) is 0.486. The second-order valence-corrected chi connectivity index (χ2v) is 4.72. The third-order valence-corrected chi connectivity index (χ3v) is 3.00. The Morgan fingerprint density at radius 2 is 2.29 bits per heavy atom. The molecule has 0 heterocycles. The average molecular weight is 237 g/mol. The molecule has 1 aliphatic rings. The van der Waals surface area contributed by atoms with E-state index in [-0.39, 0.29) is 11.6 Å². The van der Waals surface area contributed by atoms with Crippen molar-refractivity contribution in [3.05, 3.63) is 29.6 Å². The van der Waals surface area contributed by atoms with E-state index in [1.807, 2.05) is 6.92 Å². The highest BCUT2D eigenvalue weighted by molar-refractivity contribution is 5.94. The molecule has 1 aromatic carbocycles. The van der Waals surface area contributed by atoms with E-state index in [1.165, 1.54) is 25.0 Å². The summed E-state index contributed by atoms with van der Waals surface area (Å²) in [5.74, 6) is -0.861. The van der Waals surface area contributed by atoms with Gasteiger partial charge in [0.05, 0.1) is 5.56 Å². The minimum absolute atomic E-state index is 0.00681. The van der Waals surface area contributed by atoms with Crippen molar-refractivity contribution >= 4 is 11.7 Å². The van der Waals surface area contributed by atoms with E-state index >= 15 is 0 Å². The van der Waals surface area contributed by atoms with Crippen molar-refractivity contribution in [1.29, 1.82) is 0 Å². The third kappa shape index (κ3) is 3.19. The molecule has 2 N–H and O–H groups in total. The zero-order chi connectivity index (χ0) is 12.4. The lowest BCUT2D eigenvalue weighted by Gasteiger charge is -2.16. The minimum atomic E-state index is -1.11. The highest BCUT2D eigenvalue weighted by Gasteiger charge is 2.24. The number of aromatic carboxylic acids is 1. The van der Waals surface area contributed by atoms with Gasteiger partial charge in [-0.1, -0.05) is 12.8 Å². The number of halogens is 1. The maximum absolute atomic E-state index is 13.0. The van der Waals surface area contributed by atoms with Crippen molar-refractivity contribution in [3.8, 4) is 0 Å². The Morgan fingerprint density at radius 1 is 1.59 bits per heavy atom. The van der Waals surface area contributed by atoms with Crippen LogP contribution in [0.3, 0.4) is 0 Å². The molecule has 2 rings (SSSR count). The molecule has 0 radical (unpaired) electrons. The van der Waals surface area contributed by atoms with Crippen molar-refractivity contribution in [1.82, 2.24) is 0 Å². The zero-order valence-electron chi connectivity index (χ0n) is 9.74. The SMILES string of the molecule is CC(CC1CC1)Nc1ccc(F)cc1C(=O)O. The number of nitrogens with one attached hydrogen (secondary N) is 1. The topological polar surface area (TPSA) is 49.3 Å². The van der Waals surface area contributed by atoms with Crippen LogP contribution in [0.15, 0.2) is 18.2 Å². The molecule has 1 aromatic rings. The molecule has 0 bridgehead atoms. The van der Waals surface area contributed by atoms with E-state index < -0.39 is 11.8 Å². The maximum atomic E-state index is 13.0. The summed E-state index contributed by atoms with van der Waals surface area (Å²) in [4.78, 5) is 11.0. The van der Waals surface area contributed by atoms with E-state index in [2.05, 4.69) is 5.32 Å². The number of hydrogen-bond donors (Lipinski definition) is 2. The summed E-state index contributed by atoms with van der Waals surface area (Å²) in [6.45, 7) is 2.02. The van der Waals surface area contributed by atoms with Gasteiger partial charge in [-0.05, 0) is 37.5 Å². The van der Waals surface area contributed by atoms with Gasteiger partial charge in [-0.25, -0.2) is 9.18 Å². The summed E-state index contributed by atoms with van der Waals surface area (Å²) < 4.78 is 13.0. The lowest BCUT2D eigenvalue weighted by atomic mass is 10.1. The molecule has 92 valence electrons. The summed E-state index contributed by atoms with van der Waals surface area (Å²) in [6, 6.07) is 4.03. The predicted molar refractivity (Wildman–Crippen MR) is 63.8 cm³/mol. The minimum Gasteiger partial charge on any atom is -0.478 e. The summed E-state index contributed by atoms with van der Waals surface area (Å²) in [7, 11) is 0. The third-order valence-electron chi connectivity index (χ3n) is 3.00. The van der Waals surface area contributed by atoms with Gasteiger partial charge in [-0.15, -0.1) is 0 Å².